The molecule has 6 nitrogen and oxygen atoms in total. The van der Waals surface area contributed by atoms with Crippen LogP contribution in [0, 0.1) is 17.1 Å². The molecule has 0 atom stereocenters. The number of rotatable bonds is 7. The number of nitrogens with one attached hydrogen (secondary N) is 1. The molecule has 0 bridgehead atoms. The van der Waals surface area contributed by atoms with Gasteiger partial charge in [-0.15, -0.1) is 0 Å². The van der Waals surface area contributed by atoms with Crippen molar-refractivity contribution in [3.63, 3.8) is 0 Å². The van der Waals surface area contributed by atoms with Gasteiger partial charge in [-0.3, -0.25) is 4.79 Å². The summed E-state index contributed by atoms with van der Waals surface area (Å²) < 4.78 is 25.1. The number of nitrogens with zero attached hydrogens (tertiary/aromatic N) is 2. The molecule has 0 saturated carbocycles. The number of hydrazone groups is 1. The fraction of sp³-hybridized carbons (Fsp3) is 0.0870. The second-order valence-electron chi connectivity index (χ2n) is 6.45. The predicted molar refractivity (Wildman–Crippen MR) is 120 cm³/mol. The molecule has 1 N–H and O–H groups in total. The lowest BCUT2D eigenvalue weighted by Crippen LogP contribution is -2.19. The van der Waals surface area contributed by atoms with Crippen molar-refractivity contribution in [2.75, 3.05) is 7.11 Å². The van der Waals surface area contributed by atoms with Crippen molar-refractivity contribution >= 4 is 35.3 Å². The standard InChI is InChI=1S/C23H16Cl2FN3O3/c1-31-21-10-16(8-19(25)22(21)32-13-14-2-5-17(24)6-3-14)12-28-29-23(30)18-7-4-15(11-27)9-20(18)26/h2-10,12H,13H2,1H3,(H,29,30)/b28-12-. The molecule has 9 heteroatoms. The van der Waals surface area contributed by atoms with Gasteiger partial charge in [0.15, 0.2) is 11.5 Å². The number of ether oxygens (including phenoxy) is 2. The summed E-state index contributed by atoms with van der Waals surface area (Å²) in [6, 6.07) is 15.7. The maximum Gasteiger partial charge on any atom is 0.274 e. The molecule has 0 heterocycles. The largest absolute Gasteiger partial charge is 0.493 e. The lowest BCUT2D eigenvalue weighted by atomic mass is 10.1. The van der Waals surface area contributed by atoms with Gasteiger partial charge in [0, 0.05) is 5.02 Å². The Labute approximate surface area is 193 Å². The molecule has 0 spiro atoms. The maximum absolute atomic E-state index is 13.9. The van der Waals surface area contributed by atoms with Crippen LogP contribution in [0.4, 0.5) is 4.39 Å². The van der Waals surface area contributed by atoms with E-state index in [9.17, 15) is 9.18 Å². The highest BCUT2D eigenvalue weighted by molar-refractivity contribution is 6.32. The SMILES string of the molecule is COc1cc(/C=N\NC(=O)c2ccc(C#N)cc2F)cc(Cl)c1OCc1ccc(Cl)cc1. The lowest BCUT2D eigenvalue weighted by molar-refractivity contribution is 0.0951. The summed E-state index contributed by atoms with van der Waals surface area (Å²) >= 11 is 12.2. The minimum Gasteiger partial charge on any atom is -0.493 e. The lowest BCUT2D eigenvalue weighted by Gasteiger charge is -2.13. The van der Waals surface area contributed by atoms with Gasteiger partial charge in [0.1, 0.15) is 12.4 Å². The highest BCUT2D eigenvalue weighted by Gasteiger charge is 2.13. The Morgan fingerprint density at radius 1 is 1.19 bits per heavy atom. The van der Waals surface area contributed by atoms with E-state index >= 15 is 0 Å². The first kappa shape index (κ1) is 23.1. The van der Waals surface area contributed by atoms with Crippen LogP contribution >= 0.6 is 23.2 Å². The molecule has 32 heavy (non-hydrogen) atoms. The smallest absolute Gasteiger partial charge is 0.274 e. The highest BCUT2D eigenvalue weighted by Crippen LogP contribution is 2.36. The van der Waals surface area contributed by atoms with Crippen molar-refractivity contribution in [1.29, 1.82) is 5.26 Å². The molecule has 3 aromatic carbocycles. The number of nitriles is 1. The average Bonchev–Trinajstić information content (AvgIpc) is 2.78. The Morgan fingerprint density at radius 3 is 2.59 bits per heavy atom. The van der Waals surface area contributed by atoms with Crippen LogP contribution in [-0.4, -0.2) is 19.2 Å². The molecule has 0 aliphatic carbocycles. The summed E-state index contributed by atoms with van der Waals surface area (Å²) in [5.74, 6) is -0.852. The normalized spacial score (nSPS) is 10.6. The molecule has 1 amide bonds. The van der Waals surface area contributed by atoms with Gasteiger partial charge in [-0.25, -0.2) is 9.82 Å². The molecule has 0 unspecified atom stereocenters. The van der Waals surface area contributed by atoms with Gasteiger partial charge in [0.05, 0.1) is 35.5 Å². The van der Waals surface area contributed by atoms with Gasteiger partial charge in [-0.1, -0.05) is 35.3 Å². The Kier molecular flexibility index (Phi) is 7.66. The van der Waals surface area contributed by atoms with E-state index in [2.05, 4.69) is 10.5 Å². The van der Waals surface area contributed by atoms with Crippen LogP contribution in [0.1, 0.15) is 27.0 Å². The number of halogens is 3. The van der Waals surface area contributed by atoms with Gasteiger partial charge in [-0.2, -0.15) is 10.4 Å². The van der Waals surface area contributed by atoms with E-state index in [0.29, 0.717) is 22.1 Å². The Bertz CT molecular complexity index is 1210. The number of benzene rings is 3. The topological polar surface area (TPSA) is 83.7 Å². The molecule has 0 aliphatic rings. The molecule has 3 aromatic rings. The molecule has 0 fully saturated rings. The van der Waals surface area contributed by atoms with E-state index in [1.807, 2.05) is 12.1 Å². The molecule has 0 radical (unpaired) electrons. The van der Waals surface area contributed by atoms with Crippen LogP contribution in [0.3, 0.4) is 0 Å². The third-order valence-electron chi connectivity index (χ3n) is 4.27. The molecule has 0 aromatic heterocycles. The zero-order valence-corrected chi connectivity index (χ0v) is 18.2. The number of hydrogen-bond acceptors (Lipinski definition) is 5. The van der Waals surface area contributed by atoms with Gasteiger partial charge in [0.25, 0.3) is 5.91 Å². The minimum atomic E-state index is -0.816. The zero-order valence-electron chi connectivity index (χ0n) is 16.7. The number of carbonyl (C=O) groups excluding carboxylic acids is 1. The summed E-state index contributed by atoms with van der Waals surface area (Å²) in [7, 11) is 1.47. The predicted octanol–water partition coefficient (Wildman–Crippen LogP) is 5.36. The maximum atomic E-state index is 13.9. The summed E-state index contributed by atoms with van der Waals surface area (Å²) in [4.78, 5) is 12.1. The van der Waals surface area contributed by atoms with Gasteiger partial charge >= 0.3 is 0 Å². The van der Waals surface area contributed by atoms with Crippen LogP contribution < -0.4 is 14.9 Å². The Hall–Kier alpha value is -3.60. The Morgan fingerprint density at radius 2 is 1.94 bits per heavy atom. The van der Waals surface area contributed by atoms with E-state index in [1.54, 1.807) is 30.3 Å². The van der Waals surface area contributed by atoms with Crippen molar-refractivity contribution in [3.8, 4) is 17.6 Å². The zero-order chi connectivity index (χ0) is 23.1. The molecule has 162 valence electrons. The molecule has 0 aliphatic heterocycles. The number of hydrogen-bond donors (Lipinski definition) is 1. The number of amides is 1. The van der Waals surface area contributed by atoms with E-state index in [4.69, 9.17) is 37.9 Å². The van der Waals surface area contributed by atoms with E-state index in [0.717, 1.165) is 11.6 Å². The van der Waals surface area contributed by atoms with Crippen LogP contribution in [0.25, 0.3) is 0 Å². The first-order chi connectivity index (χ1) is 15.4. The van der Waals surface area contributed by atoms with Gasteiger partial charge < -0.3 is 9.47 Å². The second-order valence-corrected chi connectivity index (χ2v) is 7.30. The monoisotopic (exact) mass is 471 g/mol. The van der Waals surface area contributed by atoms with Crippen molar-refractivity contribution in [2.24, 2.45) is 5.10 Å². The van der Waals surface area contributed by atoms with Crippen molar-refractivity contribution in [1.82, 2.24) is 5.43 Å². The summed E-state index contributed by atoms with van der Waals surface area (Å²) in [6.07, 6.45) is 1.33. The average molecular weight is 472 g/mol. The Balaban J connectivity index is 1.69. The van der Waals surface area contributed by atoms with Gasteiger partial charge in [0.2, 0.25) is 0 Å². The van der Waals surface area contributed by atoms with Gasteiger partial charge in [-0.05, 0) is 53.6 Å². The van der Waals surface area contributed by atoms with Crippen molar-refractivity contribution < 1.29 is 18.7 Å². The first-order valence-corrected chi connectivity index (χ1v) is 9.94. The first-order valence-electron chi connectivity index (χ1n) is 9.19. The highest BCUT2D eigenvalue weighted by atomic mass is 35.5. The molecular formula is C23H16Cl2FN3O3. The van der Waals surface area contributed by atoms with Crippen LogP contribution in [0.5, 0.6) is 11.5 Å². The minimum absolute atomic E-state index is 0.114. The summed E-state index contributed by atoms with van der Waals surface area (Å²) in [5.41, 5.74) is 3.53. The third-order valence-corrected chi connectivity index (χ3v) is 4.80. The fourth-order valence-corrected chi connectivity index (χ4v) is 3.08. The van der Waals surface area contributed by atoms with Crippen molar-refractivity contribution in [2.45, 2.75) is 6.61 Å². The third kappa shape index (κ3) is 5.76. The molecule has 3 rings (SSSR count). The van der Waals surface area contributed by atoms with E-state index in [1.165, 1.54) is 25.5 Å². The van der Waals surface area contributed by atoms with Crippen molar-refractivity contribution in [3.05, 3.63) is 92.7 Å². The van der Waals surface area contributed by atoms with E-state index in [-0.39, 0.29) is 22.8 Å². The van der Waals surface area contributed by atoms with Crippen LogP contribution in [-0.2, 0) is 6.61 Å². The second kappa shape index (κ2) is 10.6. The quantitative estimate of drug-likeness (QED) is 0.371. The fourth-order valence-electron chi connectivity index (χ4n) is 2.68. The van der Waals surface area contributed by atoms with Crippen LogP contribution in [0.15, 0.2) is 59.7 Å². The number of methoxy groups -OCH3 is 1. The van der Waals surface area contributed by atoms with Crippen LogP contribution in [0.2, 0.25) is 10.0 Å². The van der Waals surface area contributed by atoms with E-state index < -0.39 is 11.7 Å². The number of carbonyl (C=O) groups is 1. The summed E-state index contributed by atoms with van der Waals surface area (Å²) in [5, 5.41) is 13.5. The molecule has 0 saturated heterocycles. The summed E-state index contributed by atoms with van der Waals surface area (Å²) in [6.45, 7) is 0.257. The molecular weight excluding hydrogens is 456 g/mol.